The van der Waals surface area contributed by atoms with Crippen molar-refractivity contribution in [1.82, 2.24) is 25.2 Å². The molecule has 0 aromatic carbocycles. The van der Waals surface area contributed by atoms with Crippen molar-refractivity contribution in [2.75, 3.05) is 12.4 Å². The standard InChI is InChI=1S/C9H12N6O3S/c1-18-5-8-12-13-9(19-8)11-7(17)3-15-6(4-16)2-10-14-15/h2,16H,3-5H2,1H3,(H,11,13,17). The van der Waals surface area contributed by atoms with Crippen molar-refractivity contribution in [3.8, 4) is 0 Å². The fraction of sp³-hybridized carbons (Fsp3) is 0.444. The molecular formula is C9H12N6O3S. The minimum Gasteiger partial charge on any atom is -0.390 e. The molecule has 0 saturated carbocycles. The Balaban J connectivity index is 1.93. The van der Waals surface area contributed by atoms with Crippen LogP contribution >= 0.6 is 11.3 Å². The lowest BCUT2D eigenvalue weighted by Crippen LogP contribution is -2.20. The molecule has 2 N–H and O–H groups in total. The van der Waals surface area contributed by atoms with Crippen molar-refractivity contribution in [2.24, 2.45) is 0 Å². The van der Waals surface area contributed by atoms with E-state index in [1.165, 1.54) is 22.2 Å². The third-order valence-electron chi connectivity index (χ3n) is 2.13. The van der Waals surface area contributed by atoms with Gasteiger partial charge in [-0.2, -0.15) is 0 Å². The Bertz CT molecular complexity index is 554. The van der Waals surface area contributed by atoms with Crippen LogP contribution in [0.15, 0.2) is 6.20 Å². The number of anilines is 1. The molecule has 0 aliphatic carbocycles. The van der Waals surface area contributed by atoms with Gasteiger partial charge >= 0.3 is 0 Å². The lowest BCUT2D eigenvalue weighted by atomic mass is 10.5. The lowest BCUT2D eigenvalue weighted by molar-refractivity contribution is -0.117. The molecule has 0 atom stereocenters. The smallest absolute Gasteiger partial charge is 0.248 e. The Morgan fingerprint density at radius 3 is 3.16 bits per heavy atom. The van der Waals surface area contributed by atoms with Crippen LogP contribution in [0.25, 0.3) is 0 Å². The Morgan fingerprint density at radius 2 is 2.42 bits per heavy atom. The van der Waals surface area contributed by atoms with Gasteiger partial charge in [0.2, 0.25) is 11.0 Å². The highest BCUT2D eigenvalue weighted by Gasteiger charge is 2.11. The summed E-state index contributed by atoms with van der Waals surface area (Å²) in [5.41, 5.74) is 0.465. The zero-order chi connectivity index (χ0) is 13.7. The molecule has 0 fully saturated rings. The zero-order valence-corrected chi connectivity index (χ0v) is 10.9. The minimum atomic E-state index is -0.319. The molecule has 0 bridgehead atoms. The van der Waals surface area contributed by atoms with Crippen molar-refractivity contribution in [1.29, 1.82) is 0 Å². The molecule has 2 aromatic rings. The molecule has 2 rings (SSSR count). The molecule has 2 heterocycles. The normalized spacial score (nSPS) is 10.6. The first kappa shape index (κ1) is 13.5. The number of methoxy groups -OCH3 is 1. The number of rotatable bonds is 6. The first-order valence-corrected chi connectivity index (χ1v) is 6.14. The summed E-state index contributed by atoms with van der Waals surface area (Å²) >= 11 is 1.23. The SMILES string of the molecule is COCc1nnc(NC(=O)Cn2nncc2CO)s1. The van der Waals surface area contributed by atoms with E-state index in [-0.39, 0.29) is 19.1 Å². The quantitative estimate of drug-likeness (QED) is 0.728. The highest BCUT2D eigenvalue weighted by atomic mass is 32.1. The summed E-state index contributed by atoms with van der Waals surface area (Å²) in [6.07, 6.45) is 1.40. The van der Waals surface area contributed by atoms with Crippen molar-refractivity contribution >= 4 is 22.4 Å². The average Bonchev–Trinajstić information content (AvgIpc) is 2.99. The van der Waals surface area contributed by atoms with Gasteiger partial charge in [0.15, 0.2) is 0 Å². The third kappa shape index (κ3) is 3.53. The van der Waals surface area contributed by atoms with Gasteiger partial charge in [0.1, 0.15) is 18.2 Å². The molecule has 1 amide bonds. The second-order valence-electron chi connectivity index (χ2n) is 3.52. The van der Waals surface area contributed by atoms with Crippen molar-refractivity contribution in [3.05, 3.63) is 16.9 Å². The monoisotopic (exact) mass is 284 g/mol. The Hall–Kier alpha value is -1.91. The molecule has 0 aliphatic heterocycles. The number of carbonyl (C=O) groups is 1. The van der Waals surface area contributed by atoms with Gasteiger partial charge in [-0.05, 0) is 0 Å². The van der Waals surface area contributed by atoms with Crippen LogP contribution in [-0.4, -0.2) is 43.3 Å². The Labute approximate surface area is 112 Å². The maximum Gasteiger partial charge on any atom is 0.248 e. The molecule has 10 heteroatoms. The maximum absolute atomic E-state index is 11.7. The van der Waals surface area contributed by atoms with Crippen LogP contribution < -0.4 is 5.32 Å². The second-order valence-corrected chi connectivity index (χ2v) is 4.59. The predicted molar refractivity (Wildman–Crippen MR) is 65.2 cm³/mol. The van der Waals surface area contributed by atoms with E-state index in [2.05, 4.69) is 25.8 Å². The van der Waals surface area contributed by atoms with Gasteiger partial charge in [-0.3, -0.25) is 10.1 Å². The topological polar surface area (TPSA) is 115 Å². The first-order chi connectivity index (χ1) is 9.22. The number of amides is 1. The summed E-state index contributed by atoms with van der Waals surface area (Å²) in [5, 5.41) is 27.6. The molecular weight excluding hydrogens is 272 g/mol. The van der Waals surface area contributed by atoms with Gasteiger partial charge in [0.05, 0.1) is 18.5 Å². The van der Waals surface area contributed by atoms with Gasteiger partial charge in [-0.1, -0.05) is 16.6 Å². The number of carbonyl (C=O) groups excluding carboxylic acids is 1. The van der Waals surface area contributed by atoms with E-state index in [1.807, 2.05) is 0 Å². The maximum atomic E-state index is 11.7. The van der Waals surface area contributed by atoms with E-state index in [0.717, 1.165) is 0 Å². The van der Waals surface area contributed by atoms with Crippen LogP contribution in [0.4, 0.5) is 5.13 Å². The van der Waals surface area contributed by atoms with Gasteiger partial charge in [0.25, 0.3) is 0 Å². The number of aliphatic hydroxyl groups excluding tert-OH is 1. The van der Waals surface area contributed by atoms with Crippen molar-refractivity contribution in [2.45, 2.75) is 19.8 Å². The van der Waals surface area contributed by atoms with Crippen LogP contribution in [0, 0.1) is 0 Å². The molecule has 0 radical (unpaired) electrons. The predicted octanol–water partition coefficient (Wildman–Crippen LogP) is -0.593. The van der Waals surface area contributed by atoms with E-state index in [0.29, 0.717) is 22.4 Å². The average molecular weight is 284 g/mol. The highest BCUT2D eigenvalue weighted by molar-refractivity contribution is 7.15. The molecule has 9 nitrogen and oxygen atoms in total. The molecule has 0 spiro atoms. The van der Waals surface area contributed by atoms with Crippen molar-refractivity contribution < 1.29 is 14.6 Å². The van der Waals surface area contributed by atoms with Crippen LogP contribution in [0.1, 0.15) is 10.7 Å². The fourth-order valence-corrected chi connectivity index (χ4v) is 2.04. The van der Waals surface area contributed by atoms with Gasteiger partial charge in [-0.25, -0.2) is 4.68 Å². The number of hydrogen-bond donors (Lipinski definition) is 2. The zero-order valence-electron chi connectivity index (χ0n) is 10.1. The van der Waals surface area contributed by atoms with Crippen molar-refractivity contribution in [3.63, 3.8) is 0 Å². The summed E-state index contributed by atoms with van der Waals surface area (Å²) in [4.78, 5) is 11.7. The van der Waals surface area contributed by atoms with Crippen LogP contribution in [0.3, 0.4) is 0 Å². The lowest BCUT2D eigenvalue weighted by Gasteiger charge is -2.03. The van der Waals surface area contributed by atoms with Crippen LogP contribution in [-0.2, 0) is 29.3 Å². The summed E-state index contributed by atoms with van der Waals surface area (Å²) in [5.74, 6) is -0.319. The number of ether oxygens (including phenoxy) is 1. The molecule has 0 saturated heterocycles. The molecule has 19 heavy (non-hydrogen) atoms. The fourth-order valence-electron chi connectivity index (χ4n) is 1.32. The van der Waals surface area contributed by atoms with Gasteiger partial charge in [0, 0.05) is 7.11 Å². The van der Waals surface area contributed by atoms with E-state index in [4.69, 9.17) is 9.84 Å². The van der Waals surface area contributed by atoms with E-state index in [1.54, 1.807) is 7.11 Å². The second kappa shape index (κ2) is 6.31. The number of nitrogens with one attached hydrogen (secondary N) is 1. The van der Waals surface area contributed by atoms with E-state index >= 15 is 0 Å². The van der Waals surface area contributed by atoms with E-state index in [9.17, 15) is 4.79 Å². The largest absolute Gasteiger partial charge is 0.390 e. The van der Waals surface area contributed by atoms with Gasteiger partial charge in [-0.15, -0.1) is 15.3 Å². The summed E-state index contributed by atoms with van der Waals surface area (Å²) in [7, 11) is 1.56. The number of aliphatic hydroxyl groups is 1. The van der Waals surface area contributed by atoms with Crippen LogP contribution in [0.5, 0.6) is 0 Å². The van der Waals surface area contributed by atoms with E-state index < -0.39 is 0 Å². The molecule has 2 aromatic heterocycles. The number of nitrogens with zero attached hydrogens (tertiary/aromatic N) is 5. The molecule has 0 unspecified atom stereocenters. The number of hydrogen-bond acceptors (Lipinski definition) is 8. The van der Waals surface area contributed by atoms with Crippen LogP contribution in [0.2, 0.25) is 0 Å². The minimum absolute atomic E-state index is 0.0465. The van der Waals surface area contributed by atoms with Gasteiger partial charge < -0.3 is 9.84 Å². The summed E-state index contributed by atoms with van der Waals surface area (Å²) < 4.78 is 6.22. The highest BCUT2D eigenvalue weighted by Crippen LogP contribution is 2.15. The number of aromatic nitrogens is 5. The Kier molecular flexibility index (Phi) is 4.49. The summed E-state index contributed by atoms with van der Waals surface area (Å²) in [6, 6.07) is 0. The molecule has 0 aliphatic rings. The Morgan fingerprint density at radius 1 is 1.58 bits per heavy atom. The summed E-state index contributed by atoms with van der Waals surface area (Å²) in [6.45, 7) is 0.0808. The third-order valence-corrected chi connectivity index (χ3v) is 2.95. The molecule has 102 valence electrons. The first-order valence-electron chi connectivity index (χ1n) is 5.32.